The Hall–Kier alpha value is -3.29. The monoisotopic (exact) mass is 596 g/mol. The zero-order valence-electron chi connectivity index (χ0n) is 21.9. The standard InChI is InChI=1S/C25H28Cl2F2N8O3/c1-3-13-12-36(22-20(27)31-19(24(39)34(22)2)21-32-33-25(30)40-21)8-9-37(13)14-4-6-35(7-5-14)23(38)15-10-18(29)16(26)11-17(15)28/h10-11,13-14H,3-9,12H2,1-2H3,(H2,30,33)/t13-/m0/s1. The van der Waals surface area contributed by atoms with Crippen molar-refractivity contribution < 1.29 is 18.0 Å². The number of anilines is 2. The molecule has 2 fully saturated rings. The Bertz CT molecular complexity index is 1490. The Morgan fingerprint density at radius 1 is 1.12 bits per heavy atom. The van der Waals surface area contributed by atoms with Crippen LogP contribution in [0, 0.1) is 11.6 Å². The molecule has 4 heterocycles. The SMILES string of the molecule is CC[C@H]1CN(c2c(Cl)nc(-c3nnc(N)o3)c(=O)n2C)CCN1C1CCN(C(=O)c2cc(F)c(Cl)cc2F)CC1. The van der Waals surface area contributed by atoms with Crippen molar-refractivity contribution in [1.29, 1.82) is 0 Å². The number of likely N-dealkylation sites (tertiary alicyclic amines) is 1. The van der Waals surface area contributed by atoms with Gasteiger partial charge < -0.3 is 20.0 Å². The van der Waals surface area contributed by atoms with Gasteiger partial charge in [-0.2, -0.15) is 0 Å². The number of benzene rings is 1. The number of halogens is 4. The number of nitrogens with two attached hydrogens (primary N) is 1. The molecular weight excluding hydrogens is 569 g/mol. The molecule has 214 valence electrons. The average molecular weight is 597 g/mol. The predicted molar refractivity (Wildman–Crippen MR) is 145 cm³/mol. The second-order valence-corrected chi connectivity index (χ2v) is 10.7. The number of hydrogen-bond acceptors (Lipinski definition) is 9. The lowest BCUT2D eigenvalue weighted by Gasteiger charge is -2.48. The molecule has 2 saturated heterocycles. The molecule has 2 aliphatic rings. The minimum absolute atomic E-state index is 0.0753. The van der Waals surface area contributed by atoms with Gasteiger partial charge in [0.15, 0.2) is 10.8 Å². The number of rotatable bonds is 5. The summed E-state index contributed by atoms with van der Waals surface area (Å²) in [6.45, 7) is 4.88. The highest BCUT2D eigenvalue weighted by Crippen LogP contribution is 2.30. The minimum Gasteiger partial charge on any atom is -0.402 e. The van der Waals surface area contributed by atoms with Crippen LogP contribution < -0.4 is 16.2 Å². The van der Waals surface area contributed by atoms with E-state index in [-0.39, 0.29) is 45.4 Å². The van der Waals surface area contributed by atoms with E-state index in [2.05, 4.69) is 27.0 Å². The van der Waals surface area contributed by atoms with E-state index in [1.54, 1.807) is 11.9 Å². The molecule has 1 amide bonds. The van der Waals surface area contributed by atoms with Crippen LogP contribution in [-0.2, 0) is 7.05 Å². The van der Waals surface area contributed by atoms with Crippen LogP contribution in [0.2, 0.25) is 10.2 Å². The van der Waals surface area contributed by atoms with Crippen molar-refractivity contribution in [2.24, 2.45) is 7.05 Å². The van der Waals surface area contributed by atoms with Gasteiger partial charge in [0, 0.05) is 51.9 Å². The largest absolute Gasteiger partial charge is 0.402 e. The number of nitrogen functional groups attached to an aromatic ring is 1. The number of amides is 1. The lowest BCUT2D eigenvalue weighted by atomic mass is 9.97. The van der Waals surface area contributed by atoms with Gasteiger partial charge in [-0.3, -0.25) is 19.1 Å². The van der Waals surface area contributed by atoms with Gasteiger partial charge in [-0.25, -0.2) is 13.8 Å². The van der Waals surface area contributed by atoms with Crippen LogP contribution in [0.4, 0.5) is 20.6 Å². The maximum atomic E-state index is 14.3. The van der Waals surface area contributed by atoms with E-state index < -0.39 is 23.1 Å². The second kappa shape index (κ2) is 11.3. The van der Waals surface area contributed by atoms with Crippen LogP contribution in [-0.4, -0.2) is 80.3 Å². The van der Waals surface area contributed by atoms with Gasteiger partial charge in [0.1, 0.15) is 17.5 Å². The van der Waals surface area contributed by atoms with Gasteiger partial charge >= 0.3 is 6.01 Å². The van der Waals surface area contributed by atoms with Gasteiger partial charge in [-0.1, -0.05) is 35.2 Å². The molecule has 3 aromatic rings. The molecule has 1 aromatic carbocycles. The molecule has 2 aromatic heterocycles. The summed E-state index contributed by atoms with van der Waals surface area (Å²) in [6.07, 6.45) is 2.24. The minimum atomic E-state index is -0.836. The van der Waals surface area contributed by atoms with Crippen molar-refractivity contribution in [3.63, 3.8) is 0 Å². The topological polar surface area (TPSA) is 127 Å². The van der Waals surface area contributed by atoms with Crippen molar-refractivity contribution >= 4 is 40.9 Å². The van der Waals surface area contributed by atoms with E-state index in [1.807, 2.05) is 4.90 Å². The molecule has 0 aliphatic carbocycles. The third-order valence-electron chi connectivity index (χ3n) is 7.62. The van der Waals surface area contributed by atoms with E-state index in [0.29, 0.717) is 51.4 Å². The van der Waals surface area contributed by atoms with E-state index in [9.17, 15) is 18.4 Å². The molecule has 11 nitrogen and oxygen atoms in total. The Morgan fingerprint density at radius 2 is 1.85 bits per heavy atom. The number of aromatic nitrogens is 4. The molecule has 15 heteroatoms. The highest BCUT2D eigenvalue weighted by atomic mass is 35.5. The fourth-order valence-electron chi connectivity index (χ4n) is 5.56. The molecule has 2 N–H and O–H groups in total. The molecule has 0 radical (unpaired) electrons. The summed E-state index contributed by atoms with van der Waals surface area (Å²) < 4.78 is 34.8. The Kier molecular flexibility index (Phi) is 7.98. The van der Waals surface area contributed by atoms with Crippen LogP contribution in [0.1, 0.15) is 36.5 Å². The molecule has 1 atom stereocenters. The van der Waals surface area contributed by atoms with Crippen molar-refractivity contribution in [3.05, 3.63) is 49.9 Å². The quantitative estimate of drug-likeness (QED) is 0.442. The molecule has 0 unspecified atom stereocenters. The van der Waals surface area contributed by atoms with Crippen LogP contribution >= 0.6 is 23.2 Å². The smallest absolute Gasteiger partial charge is 0.313 e. The van der Waals surface area contributed by atoms with Crippen LogP contribution in [0.25, 0.3) is 11.6 Å². The Labute approximate surface area is 238 Å². The third kappa shape index (κ3) is 5.25. The van der Waals surface area contributed by atoms with E-state index >= 15 is 0 Å². The third-order valence-corrected chi connectivity index (χ3v) is 8.17. The highest BCUT2D eigenvalue weighted by molar-refractivity contribution is 6.32. The first kappa shape index (κ1) is 28.2. The number of carbonyl (C=O) groups excluding carboxylic acids is 1. The maximum Gasteiger partial charge on any atom is 0.313 e. The zero-order valence-corrected chi connectivity index (χ0v) is 23.4. The molecule has 0 bridgehead atoms. The van der Waals surface area contributed by atoms with E-state index in [4.69, 9.17) is 33.4 Å². The number of carbonyl (C=O) groups is 1. The summed E-state index contributed by atoms with van der Waals surface area (Å²) in [7, 11) is 1.61. The van der Waals surface area contributed by atoms with Crippen LogP contribution in [0.3, 0.4) is 0 Å². The Balaban J connectivity index is 1.27. The fraction of sp³-hybridized carbons (Fsp3) is 0.480. The fourth-order valence-corrected chi connectivity index (χ4v) is 6.05. The summed E-state index contributed by atoms with van der Waals surface area (Å²) in [4.78, 5) is 36.2. The molecule has 5 rings (SSSR count). The van der Waals surface area contributed by atoms with Crippen LogP contribution in [0.15, 0.2) is 21.3 Å². The Morgan fingerprint density at radius 3 is 2.50 bits per heavy atom. The molecule has 2 aliphatic heterocycles. The molecule has 0 spiro atoms. The second-order valence-electron chi connectivity index (χ2n) is 9.90. The van der Waals surface area contributed by atoms with Gasteiger partial charge in [0.25, 0.3) is 17.4 Å². The predicted octanol–water partition coefficient (Wildman–Crippen LogP) is 3.20. The van der Waals surface area contributed by atoms with E-state index in [0.717, 1.165) is 18.6 Å². The normalized spacial score (nSPS) is 18.9. The molecule has 40 heavy (non-hydrogen) atoms. The van der Waals surface area contributed by atoms with Crippen LogP contribution in [0.5, 0.6) is 0 Å². The lowest BCUT2D eigenvalue weighted by Crippen LogP contribution is -2.59. The number of hydrogen-bond donors (Lipinski definition) is 1. The van der Waals surface area contributed by atoms with Gasteiger partial charge in [0.2, 0.25) is 0 Å². The molecular formula is C25H28Cl2F2N8O3. The summed E-state index contributed by atoms with van der Waals surface area (Å²) in [6, 6.07) is 1.88. The summed E-state index contributed by atoms with van der Waals surface area (Å²) >= 11 is 12.2. The van der Waals surface area contributed by atoms with Gasteiger partial charge in [0.05, 0.1) is 10.6 Å². The van der Waals surface area contributed by atoms with Gasteiger partial charge in [-0.05, 0) is 31.4 Å². The zero-order chi connectivity index (χ0) is 28.7. The van der Waals surface area contributed by atoms with Crippen molar-refractivity contribution in [1.82, 2.24) is 29.5 Å². The molecule has 0 saturated carbocycles. The summed E-state index contributed by atoms with van der Waals surface area (Å²) in [5, 5.41) is 7.09. The lowest BCUT2D eigenvalue weighted by molar-refractivity contribution is 0.0487. The van der Waals surface area contributed by atoms with E-state index in [1.165, 1.54) is 4.57 Å². The number of piperidine rings is 1. The maximum absolute atomic E-state index is 14.3. The average Bonchev–Trinajstić information content (AvgIpc) is 3.38. The number of nitrogens with zero attached hydrogens (tertiary/aromatic N) is 7. The first-order chi connectivity index (χ1) is 19.1. The summed E-state index contributed by atoms with van der Waals surface area (Å²) in [5.41, 5.74) is 4.66. The van der Waals surface area contributed by atoms with Crippen molar-refractivity contribution in [3.8, 4) is 11.6 Å². The van der Waals surface area contributed by atoms with Gasteiger partial charge in [-0.15, -0.1) is 5.10 Å². The summed E-state index contributed by atoms with van der Waals surface area (Å²) in [5.74, 6) is -1.81. The highest BCUT2D eigenvalue weighted by Gasteiger charge is 2.36. The first-order valence-corrected chi connectivity index (χ1v) is 13.6. The number of piperazine rings is 1. The van der Waals surface area contributed by atoms with Crippen molar-refractivity contribution in [2.75, 3.05) is 43.4 Å². The van der Waals surface area contributed by atoms with Crippen molar-refractivity contribution in [2.45, 2.75) is 38.3 Å². The first-order valence-electron chi connectivity index (χ1n) is 12.9.